The molecule has 0 aliphatic carbocycles. The Bertz CT molecular complexity index is 1080. The number of carbonyl (C=O) groups excluding carboxylic acids is 2. The summed E-state index contributed by atoms with van der Waals surface area (Å²) >= 11 is 0. The summed E-state index contributed by atoms with van der Waals surface area (Å²) in [5.74, 6) is 0. The Hall–Kier alpha value is -4.20. The summed E-state index contributed by atoms with van der Waals surface area (Å²) in [5, 5.41) is 0. The van der Waals surface area contributed by atoms with Crippen molar-refractivity contribution in [1.29, 1.82) is 0 Å². The number of ether oxygens (including phenoxy) is 2. The van der Waals surface area contributed by atoms with E-state index in [2.05, 4.69) is 34.1 Å². The van der Waals surface area contributed by atoms with Crippen LogP contribution in [0.25, 0.3) is 0 Å². The SMILES string of the molecule is O=C(OCc1ccccc1)N1CCN(c2ccc(N3CCN(C(=O)OCc4ccccc4)CC3)cc2)CC1. The number of hydrogen-bond acceptors (Lipinski definition) is 6. The topological polar surface area (TPSA) is 65.6 Å². The number of nitrogens with zero attached hydrogens (tertiary/aromatic N) is 4. The fourth-order valence-corrected chi connectivity index (χ4v) is 4.79. The normalized spacial score (nSPS) is 15.8. The van der Waals surface area contributed by atoms with E-state index in [9.17, 15) is 9.59 Å². The van der Waals surface area contributed by atoms with Gasteiger partial charge in [0.2, 0.25) is 0 Å². The van der Waals surface area contributed by atoms with Gasteiger partial charge in [-0.05, 0) is 35.4 Å². The minimum Gasteiger partial charge on any atom is -0.445 e. The van der Waals surface area contributed by atoms with Crippen molar-refractivity contribution in [2.75, 3.05) is 62.2 Å². The van der Waals surface area contributed by atoms with Crippen molar-refractivity contribution in [3.63, 3.8) is 0 Å². The fourth-order valence-electron chi connectivity index (χ4n) is 4.79. The molecule has 0 unspecified atom stereocenters. The van der Waals surface area contributed by atoms with Gasteiger partial charge in [0.25, 0.3) is 0 Å². The molecule has 8 heteroatoms. The molecule has 0 saturated carbocycles. The van der Waals surface area contributed by atoms with E-state index >= 15 is 0 Å². The second-order valence-corrected chi connectivity index (χ2v) is 9.54. The average Bonchev–Trinajstić information content (AvgIpc) is 3.00. The quantitative estimate of drug-likeness (QED) is 0.479. The van der Waals surface area contributed by atoms with E-state index in [1.165, 1.54) is 0 Å². The van der Waals surface area contributed by atoms with Crippen LogP contribution >= 0.6 is 0 Å². The number of anilines is 2. The number of piperazine rings is 2. The van der Waals surface area contributed by atoms with Crippen LogP contribution in [0, 0.1) is 0 Å². The van der Waals surface area contributed by atoms with Gasteiger partial charge in [0, 0.05) is 63.7 Å². The number of rotatable bonds is 6. The van der Waals surface area contributed by atoms with Crippen molar-refractivity contribution < 1.29 is 19.1 Å². The first-order chi connectivity index (χ1) is 18.7. The highest BCUT2D eigenvalue weighted by Crippen LogP contribution is 2.23. The van der Waals surface area contributed by atoms with Gasteiger partial charge in [-0.3, -0.25) is 0 Å². The summed E-state index contributed by atoms with van der Waals surface area (Å²) in [6, 6.07) is 28.0. The predicted molar refractivity (Wildman–Crippen MR) is 147 cm³/mol. The van der Waals surface area contributed by atoms with E-state index in [1.54, 1.807) is 9.80 Å². The first-order valence-corrected chi connectivity index (χ1v) is 13.2. The Kier molecular flexibility index (Phi) is 8.28. The molecule has 5 rings (SSSR count). The number of hydrogen-bond donors (Lipinski definition) is 0. The predicted octanol–water partition coefficient (Wildman–Crippen LogP) is 4.60. The van der Waals surface area contributed by atoms with Crippen LogP contribution < -0.4 is 9.80 Å². The monoisotopic (exact) mass is 514 g/mol. The van der Waals surface area contributed by atoms with Gasteiger partial charge >= 0.3 is 12.2 Å². The maximum atomic E-state index is 12.4. The van der Waals surface area contributed by atoms with Crippen molar-refractivity contribution in [3.05, 3.63) is 96.1 Å². The van der Waals surface area contributed by atoms with Gasteiger partial charge in [0.15, 0.2) is 0 Å². The molecule has 0 atom stereocenters. The van der Waals surface area contributed by atoms with Crippen molar-refractivity contribution in [1.82, 2.24) is 9.80 Å². The Morgan fingerprint density at radius 2 is 0.842 bits per heavy atom. The maximum Gasteiger partial charge on any atom is 0.410 e. The molecule has 2 heterocycles. The minimum atomic E-state index is -0.257. The van der Waals surface area contributed by atoms with E-state index in [1.807, 2.05) is 60.7 Å². The van der Waals surface area contributed by atoms with Gasteiger partial charge in [-0.15, -0.1) is 0 Å². The summed E-state index contributed by atoms with van der Waals surface area (Å²) < 4.78 is 11.0. The Morgan fingerprint density at radius 3 is 1.18 bits per heavy atom. The zero-order valence-corrected chi connectivity index (χ0v) is 21.6. The van der Waals surface area contributed by atoms with Crippen molar-refractivity contribution in [2.24, 2.45) is 0 Å². The fraction of sp³-hybridized carbons (Fsp3) is 0.333. The molecule has 2 aliphatic rings. The lowest BCUT2D eigenvalue weighted by Crippen LogP contribution is -2.49. The Balaban J connectivity index is 1.04. The molecule has 198 valence electrons. The second-order valence-electron chi connectivity index (χ2n) is 9.54. The summed E-state index contributed by atoms with van der Waals surface area (Å²) in [6.07, 6.45) is -0.515. The molecule has 0 spiro atoms. The highest BCUT2D eigenvalue weighted by molar-refractivity contribution is 5.69. The lowest BCUT2D eigenvalue weighted by molar-refractivity contribution is 0.0935. The van der Waals surface area contributed by atoms with E-state index in [-0.39, 0.29) is 12.2 Å². The van der Waals surface area contributed by atoms with Gasteiger partial charge in [0.1, 0.15) is 13.2 Å². The zero-order valence-electron chi connectivity index (χ0n) is 21.6. The van der Waals surface area contributed by atoms with Crippen molar-refractivity contribution in [2.45, 2.75) is 13.2 Å². The number of amides is 2. The van der Waals surface area contributed by atoms with E-state index in [4.69, 9.17) is 9.47 Å². The van der Waals surface area contributed by atoms with E-state index in [0.29, 0.717) is 39.4 Å². The van der Waals surface area contributed by atoms with Crippen LogP contribution in [-0.4, -0.2) is 74.3 Å². The molecule has 38 heavy (non-hydrogen) atoms. The summed E-state index contributed by atoms with van der Waals surface area (Å²) in [4.78, 5) is 33.0. The molecule has 2 fully saturated rings. The molecule has 0 radical (unpaired) electrons. The van der Waals surface area contributed by atoms with Crippen LogP contribution in [-0.2, 0) is 22.7 Å². The van der Waals surface area contributed by atoms with E-state index in [0.717, 1.165) is 48.7 Å². The molecule has 0 bridgehead atoms. The molecule has 8 nitrogen and oxygen atoms in total. The van der Waals surface area contributed by atoms with Crippen LogP contribution in [0.2, 0.25) is 0 Å². The molecule has 0 aromatic heterocycles. The minimum absolute atomic E-state index is 0.257. The third kappa shape index (κ3) is 6.56. The van der Waals surface area contributed by atoms with Crippen molar-refractivity contribution in [3.8, 4) is 0 Å². The van der Waals surface area contributed by atoms with Gasteiger partial charge in [-0.1, -0.05) is 60.7 Å². The highest BCUT2D eigenvalue weighted by Gasteiger charge is 2.24. The lowest BCUT2D eigenvalue weighted by atomic mass is 10.2. The summed E-state index contributed by atoms with van der Waals surface area (Å²) in [6.45, 7) is 6.21. The van der Waals surface area contributed by atoms with Crippen LogP contribution in [0.1, 0.15) is 11.1 Å². The van der Waals surface area contributed by atoms with Gasteiger partial charge in [-0.2, -0.15) is 0 Å². The third-order valence-corrected chi connectivity index (χ3v) is 7.07. The smallest absolute Gasteiger partial charge is 0.410 e. The first kappa shape index (κ1) is 25.4. The second kappa shape index (κ2) is 12.4. The average molecular weight is 515 g/mol. The van der Waals surface area contributed by atoms with Crippen LogP contribution in [0.3, 0.4) is 0 Å². The van der Waals surface area contributed by atoms with Crippen LogP contribution in [0.15, 0.2) is 84.9 Å². The zero-order chi connectivity index (χ0) is 26.2. The highest BCUT2D eigenvalue weighted by atomic mass is 16.6. The Morgan fingerprint density at radius 1 is 0.500 bits per heavy atom. The van der Waals surface area contributed by atoms with E-state index < -0.39 is 0 Å². The molecule has 3 aromatic carbocycles. The molecule has 2 saturated heterocycles. The molecule has 2 amide bonds. The van der Waals surface area contributed by atoms with Crippen LogP contribution in [0.5, 0.6) is 0 Å². The maximum absolute atomic E-state index is 12.4. The molecule has 3 aromatic rings. The third-order valence-electron chi connectivity index (χ3n) is 7.07. The molecular weight excluding hydrogens is 480 g/mol. The molecule has 2 aliphatic heterocycles. The molecule has 0 N–H and O–H groups in total. The van der Waals surface area contributed by atoms with Gasteiger partial charge in [0.05, 0.1) is 0 Å². The van der Waals surface area contributed by atoms with Crippen LogP contribution in [0.4, 0.5) is 21.0 Å². The number of carbonyl (C=O) groups is 2. The standard InChI is InChI=1S/C30H34N4O4/c35-29(37-23-25-7-3-1-4-8-25)33-19-15-31(16-20-33)27-11-13-28(14-12-27)32-17-21-34(22-18-32)30(36)38-24-26-9-5-2-6-10-26/h1-14H,15-24H2. The lowest BCUT2D eigenvalue weighted by Gasteiger charge is -2.37. The first-order valence-electron chi connectivity index (χ1n) is 13.2. The largest absolute Gasteiger partial charge is 0.445 e. The van der Waals surface area contributed by atoms with Crippen molar-refractivity contribution >= 4 is 23.6 Å². The number of benzene rings is 3. The van der Waals surface area contributed by atoms with Gasteiger partial charge in [-0.25, -0.2) is 9.59 Å². The molecular formula is C30H34N4O4. The Labute approximate surface area is 224 Å². The summed E-state index contributed by atoms with van der Waals surface area (Å²) in [7, 11) is 0. The summed E-state index contributed by atoms with van der Waals surface area (Å²) in [5.41, 5.74) is 4.27. The van der Waals surface area contributed by atoms with Gasteiger partial charge < -0.3 is 29.1 Å².